The molecule has 1 aliphatic rings. The molecule has 6 nitrogen and oxygen atoms in total. The number of ether oxygens (including phenoxy) is 1. The smallest absolute Gasteiger partial charge is 0.265 e. The first kappa shape index (κ1) is 16.7. The zero-order valence-corrected chi connectivity index (χ0v) is 13.9. The van der Waals surface area contributed by atoms with E-state index in [2.05, 4.69) is 10.3 Å². The fourth-order valence-corrected chi connectivity index (χ4v) is 2.55. The summed E-state index contributed by atoms with van der Waals surface area (Å²) in [4.78, 5) is 29.3. The zero-order valence-electron chi connectivity index (χ0n) is 13.9. The molecule has 0 fully saturated rings. The van der Waals surface area contributed by atoms with Crippen LogP contribution >= 0.6 is 0 Å². The van der Waals surface area contributed by atoms with Gasteiger partial charge in [0.15, 0.2) is 6.61 Å². The predicted molar refractivity (Wildman–Crippen MR) is 96.7 cm³/mol. The summed E-state index contributed by atoms with van der Waals surface area (Å²) >= 11 is 0. The number of amides is 2. The monoisotopic (exact) mass is 337 g/mol. The Morgan fingerprint density at radius 1 is 1.28 bits per heavy atom. The van der Waals surface area contributed by atoms with Crippen LogP contribution in [0.2, 0.25) is 0 Å². The van der Waals surface area contributed by atoms with Gasteiger partial charge in [0.2, 0.25) is 5.91 Å². The van der Waals surface area contributed by atoms with Crippen LogP contribution in [0.4, 0.5) is 11.4 Å². The lowest BCUT2D eigenvalue weighted by Gasteiger charge is -2.29. The molecule has 3 rings (SSSR count). The van der Waals surface area contributed by atoms with Crippen molar-refractivity contribution in [3.63, 3.8) is 0 Å². The lowest BCUT2D eigenvalue weighted by atomic mass is 10.2. The highest BCUT2D eigenvalue weighted by Gasteiger charge is 2.25. The number of fused-ring (bicyclic) bond motifs is 1. The summed E-state index contributed by atoms with van der Waals surface area (Å²) in [6.45, 7) is 2.23. The summed E-state index contributed by atoms with van der Waals surface area (Å²) in [5.41, 5.74) is 2.39. The number of benzene rings is 2. The van der Waals surface area contributed by atoms with Gasteiger partial charge in [-0.2, -0.15) is 0 Å². The minimum atomic E-state index is -0.137. The maximum absolute atomic E-state index is 12.2. The van der Waals surface area contributed by atoms with E-state index in [1.807, 2.05) is 48.5 Å². The Morgan fingerprint density at radius 3 is 2.84 bits per heavy atom. The van der Waals surface area contributed by atoms with E-state index in [1.165, 1.54) is 6.92 Å². The van der Waals surface area contributed by atoms with Gasteiger partial charge in [-0.3, -0.25) is 14.6 Å². The molecule has 2 amide bonds. The highest BCUT2D eigenvalue weighted by atomic mass is 16.5. The van der Waals surface area contributed by atoms with Gasteiger partial charge in [-0.15, -0.1) is 0 Å². The van der Waals surface area contributed by atoms with Crippen molar-refractivity contribution in [2.75, 3.05) is 24.6 Å². The van der Waals surface area contributed by atoms with Gasteiger partial charge in [0.1, 0.15) is 5.75 Å². The van der Waals surface area contributed by atoms with Crippen LogP contribution in [0.3, 0.4) is 0 Å². The largest absolute Gasteiger partial charge is 0.482 e. The van der Waals surface area contributed by atoms with Crippen molar-refractivity contribution < 1.29 is 14.3 Å². The fourth-order valence-electron chi connectivity index (χ4n) is 2.55. The summed E-state index contributed by atoms with van der Waals surface area (Å²) in [5, 5.41) is 2.70. The third-order valence-corrected chi connectivity index (χ3v) is 3.76. The number of anilines is 1. The highest BCUT2D eigenvalue weighted by molar-refractivity contribution is 5.98. The van der Waals surface area contributed by atoms with Crippen LogP contribution < -0.4 is 15.0 Å². The standard InChI is InChI=1S/C19H19N3O3/c1-14(23)20-9-10-22-17-11-16(7-8-18(17)25-13-19(22)24)21-12-15-5-3-2-4-6-15/h2-8,11-12H,9-10,13H2,1H3,(H,20,23). The second-order valence-corrected chi connectivity index (χ2v) is 5.64. The number of nitrogens with zero attached hydrogens (tertiary/aromatic N) is 2. The van der Waals surface area contributed by atoms with Gasteiger partial charge < -0.3 is 15.0 Å². The average molecular weight is 337 g/mol. The molecule has 2 aromatic rings. The minimum Gasteiger partial charge on any atom is -0.482 e. The molecule has 2 aromatic carbocycles. The molecule has 0 aromatic heterocycles. The molecule has 0 radical (unpaired) electrons. The summed E-state index contributed by atoms with van der Waals surface area (Å²) in [6.07, 6.45) is 1.77. The lowest BCUT2D eigenvalue weighted by molar-refractivity contribution is -0.122. The van der Waals surface area contributed by atoms with Crippen LogP contribution in [-0.4, -0.2) is 37.7 Å². The van der Waals surface area contributed by atoms with Crippen LogP contribution in [0, 0.1) is 0 Å². The maximum atomic E-state index is 12.2. The van der Waals surface area contributed by atoms with Crippen LogP contribution in [0.15, 0.2) is 53.5 Å². The number of carbonyl (C=O) groups excluding carboxylic acids is 2. The summed E-state index contributed by atoms with van der Waals surface area (Å²) in [5.74, 6) is 0.380. The molecule has 0 bridgehead atoms. The van der Waals surface area contributed by atoms with Crippen LogP contribution in [0.5, 0.6) is 5.75 Å². The van der Waals surface area contributed by atoms with Crippen molar-refractivity contribution in [2.45, 2.75) is 6.92 Å². The van der Waals surface area contributed by atoms with Crippen LogP contribution in [0.1, 0.15) is 12.5 Å². The molecule has 0 spiro atoms. The van der Waals surface area contributed by atoms with E-state index in [1.54, 1.807) is 11.1 Å². The first-order valence-electron chi connectivity index (χ1n) is 8.04. The van der Waals surface area contributed by atoms with Gasteiger partial charge in [0, 0.05) is 26.2 Å². The second-order valence-electron chi connectivity index (χ2n) is 5.64. The molecule has 128 valence electrons. The van der Waals surface area contributed by atoms with E-state index in [0.717, 1.165) is 11.3 Å². The van der Waals surface area contributed by atoms with E-state index < -0.39 is 0 Å². The third kappa shape index (κ3) is 4.23. The van der Waals surface area contributed by atoms with Gasteiger partial charge in [-0.1, -0.05) is 30.3 Å². The molecule has 1 heterocycles. The fraction of sp³-hybridized carbons (Fsp3) is 0.211. The first-order chi connectivity index (χ1) is 12.1. The van der Waals surface area contributed by atoms with Crippen molar-refractivity contribution in [3.8, 4) is 5.75 Å². The maximum Gasteiger partial charge on any atom is 0.265 e. The number of hydrogen-bond donors (Lipinski definition) is 1. The van der Waals surface area contributed by atoms with Crippen molar-refractivity contribution in [1.82, 2.24) is 5.32 Å². The normalized spacial score (nSPS) is 13.5. The van der Waals surface area contributed by atoms with E-state index in [0.29, 0.717) is 24.5 Å². The van der Waals surface area contributed by atoms with Crippen LogP contribution in [-0.2, 0) is 9.59 Å². The molecule has 0 saturated carbocycles. The Hall–Kier alpha value is -3.15. The Labute approximate surface area is 146 Å². The second kappa shape index (κ2) is 7.61. The number of hydrogen-bond acceptors (Lipinski definition) is 4. The zero-order chi connectivity index (χ0) is 17.6. The van der Waals surface area contributed by atoms with E-state index in [-0.39, 0.29) is 18.4 Å². The highest BCUT2D eigenvalue weighted by Crippen LogP contribution is 2.35. The van der Waals surface area contributed by atoms with Gasteiger partial charge in [0.05, 0.1) is 11.4 Å². The van der Waals surface area contributed by atoms with Crippen molar-refractivity contribution in [2.24, 2.45) is 4.99 Å². The Bertz CT molecular complexity index is 803. The lowest BCUT2D eigenvalue weighted by Crippen LogP contribution is -2.43. The average Bonchev–Trinajstić information content (AvgIpc) is 2.62. The van der Waals surface area contributed by atoms with Gasteiger partial charge >= 0.3 is 0 Å². The van der Waals surface area contributed by atoms with Crippen molar-refractivity contribution in [1.29, 1.82) is 0 Å². The Morgan fingerprint density at radius 2 is 2.08 bits per heavy atom. The summed E-state index contributed by atoms with van der Waals surface area (Å²) < 4.78 is 5.48. The summed E-state index contributed by atoms with van der Waals surface area (Å²) in [7, 11) is 0. The molecule has 0 atom stereocenters. The van der Waals surface area contributed by atoms with Gasteiger partial charge in [0.25, 0.3) is 5.91 Å². The minimum absolute atomic E-state index is 0.000296. The van der Waals surface area contributed by atoms with Crippen LogP contribution in [0.25, 0.3) is 0 Å². The Kier molecular flexibility index (Phi) is 5.09. The van der Waals surface area contributed by atoms with E-state index >= 15 is 0 Å². The molecule has 1 aliphatic heterocycles. The molecule has 0 unspecified atom stereocenters. The van der Waals surface area contributed by atoms with E-state index in [9.17, 15) is 9.59 Å². The number of rotatable bonds is 5. The van der Waals surface area contributed by atoms with Crippen molar-refractivity contribution >= 4 is 29.4 Å². The molecule has 0 aliphatic carbocycles. The molecular weight excluding hydrogens is 318 g/mol. The molecule has 0 saturated heterocycles. The Balaban J connectivity index is 1.81. The predicted octanol–water partition coefficient (Wildman–Crippen LogP) is 2.30. The SMILES string of the molecule is CC(=O)NCCN1C(=O)COc2ccc(N=Cc3ccccc3)cc21. The first-order valence-corrected chi connectivity index (χ1v) is 8.04. The number of aliphatic imine (C=N–C) groups is 1. The van der Waals surface area contributed by atoms with Gasteiger partial charge in [-0.05, 0) is 23.8 Å². The number of nitrogens with one attached hydrogen (secondary N) is 1. The molecule has 25 heavy (non-hydrogen) atoms. The number of carbonyl (C=O) groups is 2. The van der Waals surface area contributed by atoms with E-state index in [4.69, 9.17) is 4.74 Å². The molecular formula is C19H19N3O3. The summed E-state index contributed by atoms with van der Waals surface area (Å²) in [6, 6.07) is 15.3. The molecule has 6 heteroatoms. The van der Waals surface area contributed by atoms with Gasteiger partial charge in [-0.25, -0.2) is 0 Å². The quantitative estimate of drug-likeness (QED) is 0.851. The molecule has 1 N–H and O–H groups in total. The third-order valence-electron chi connectivity index (χ3n) is 3.76. The topological polar surface area (TPSA) is 71.0 Å². The van der Waals surface area contributed by atoms with Crippen molar-refractivity contribution in [3.05, 3.63) is 54.1 Å².